The fraction of sp³-hybridized carbons (Fsp3) is 0.200. The summed E-state index contributed by atoms with van der Waals surface area (Å²) in [5.41, 5.74) is 6.95. The third kappa shape index (κ3) is 3.17. The topological polar surface area (TPSA) is 26.0 Å². The minimum absolute atomic E-state index is 0.653. The molecule has 0 aliphatic carbocycles. The van der Waals surface area contributed by atoms with Crippen LogP contribution in [0.2, 0.25) is 0 Å². The van der Waals surface area contributed by atoms with Gasteiger partial charge in [-0.05, 0) is 28.8 Å². The van der Waals surface area contributed by atoms with Crippen molar-refractivity contribution in [1.29, 1.82) is 0 Å². The second-order valence-electron chi connectivity index (χ2n) is 4.46. The molecule has 0 aromatic heterocycles. The first kappa shape index (κ1) is 14.5. The molecule has 0 amide bonds. The van der Waals surface area contributed by atoms with Gasteiger partial charge in [-0.3, -0.25) is 0 Å². The zero-order valence-electron chi connectivity index (χ0n) is 10.5. The molecule has 0 saturated heterocycles. The smallest absolute Gasteiger partial charge is 0.322 e. The normalized spacial score (nSPS) is 13.2. The van der Waals surface area contributed by atoms with E-state index in [1.165, 1.54) is 12.1 Å². The van der Waals surface area contributed by atoms with Gasteiger partial charge in [0, 0.05) is 0 Å². The number of nitrogens with two attached hydrogens (primary N) is 1. The van der Waals surface area contributed by atoms with Gasteiger partial charge in [-0.15, -0.1) is 0 Å². The highest BCUT2D eigenvalue weighted by Gasteiger charge is 2.29. The third-order valence-corrected chi connectivity index (χ3v) is 3.05. The first-order valence-corrected chi connectivity index (χ1v) is 6.01. The van der Waals surface area contributed by atoms with Gasteiger partial charge in [0.2, 0.25) is 0 Å². The highest BCUT2D eigenvalue weighted by atomic mass is 19.4. The van der Waals surface area contributed by atoms with E-state index >= 15 is 0 Å². The average molecular weight is 283 g/mol. The number of alkyl halides is 4. The molecule has 2 rings (SSSR count). The molecule has 1 atom stereocenters. The van der Waals surface area contributed by atoms with Crippen LogP contribution in [0.4, 0.5) is 17.6 Å². The van der Waals surface area contributed by atoms with E-state index in [2.05, 4.69) is 0 Å². The van der Waals surface area contributed by atoms with E-state index in [1.54, 1.807) is 24.3 Å². The van der Waals surface area contributed by atoms with E-state index in [9.17, 15) is 17.6 Å². The Labute approximate surface area is 114 Å². The van der Waals surface area contributed by atoms with Crippen molar-refractivity contribution in [3.63, 3.8) is 0 Å². The second kappa shape index (κ2) is 5.63. The summed E-state index contributed by atoms with van der Waals surface area (Å²) in [6.45, 7) is -0.653. The van der Waals surface area contributed by atoms with E-state index in [-0.39, 0.29) is 0 Å². The molecule has 0 fully saturated rings. The van der Waals surface area contributed by atoms with Gasteiger partial charge >= 0.3 is 6.18 Å². The summed E-state index contributed by atoms with van der Waals surface area (Å²) in [5, 5.41) is 0. The van der Waals surface area contributed by atoms with Gasteiger partial charge in [0.1, 0.15) is 6.67 Å². The van der Waals surface area contributed by atoms with Crippen LogP contribution in [-0.4, -0.2) is 6.67 Å². The lowest BCUT2D eigenvalue weighted by Gasteiger charge is -2.10. The standard InChI is InChI=1S/C15H13F4N/c16-9-14(20)12-3-1-10(2-4-12)11-5-7-13(8-6-11)15(17,18)19/h1-8,14H,9,20H2/t14-/m0/s1. The molecule has 0 bridgehead atoms. The van der Waals surface area contributed by atoms with Crippen molar-refractivity contribution < 1.29 is 17.6 Å². The molecule has 106 valence electrons. The maximum absolute atomic E-state index is 12.5. The van der Waals surface area contributed by atoms with Gasteiger partial charge in [0.05, 0.1) is 11.6 Å². The second-order valence-corrected chi connectivity index (χ2v) is 4.46. The van der Waals surface area contributed by atoms with Crippen molar-refractivity contribution in [2.45, 2.75) is 12.2 Å². The molecule has 0 radical (unpaired) electrons. The Hall–Kier alpha value is -1.88. The lowest BCUT2D eigenvalue weighted by molar-refractivity contribution is -0.137. The quantitative estimate of drug-likeness (QED) is 0.833. The molecule has 2 aromatic rings. The SMILES string of the molecule is N[C@@H](CF)c1ccc(-c2ccc(C(F)(F)F)cc2)cc1. The molecule has 2 N–H and O–H groups in total. The molecular weight excluding hydrogens is 270 g/mol. The van der Waals surface area contributed by atoms with E-state index in [4.69, 9.17) is 5.73 Å². The Kier molecular flexibility index (Phi) is 4.09. The summed E-state index contributed by atoms with van der Waals surface area (Å²) < 4.78 is 49.8. The van der Waals surface area contributed by atoms with E-state index < -0.39 is 24.5 Å². The van der Waals surface area contributed by atoms with E-state index in [1.807, 2.05) is 0 Å². The van der Waals surface area contributed by atoms with Crippen molar-refractivity contribution in [2.75, 3.05) is 6.67 Å². The number of rotatable bonds is 3. The lowest BCUT2D eigenvalue weighted by Crippen LogP contribution is -2.11. The van der Waals surface area contributed by atoms with Crippen molar-refractivity contribution in [3.8, 4) is 11.1 Å². The van der Waals surface area contributed by atoms with Gasteiger partial charge in [0.15, 0.2) is 0 Å². The fourth-order valence-corrected chi connectivity index (χ4v) is 1.86. The van der Waals surface area contributed by atoms with Crippen LogP contribution >= 0.6 is 0 Å². The predicted molar refractivity (Wildman–Crippen MR) is 69.8 cm³/mol. The van der Waals surface area contributed by atoms with Crippen LogP contribution in [0.1, 0.15) is 17.2 Å². The van der Waals surface area contributed by atoms with Crippen LogP contribution in [0.25, 0.3) is 11.1 Å². The summed E-state index contributed by atoms with van der Waals surface area (Å²) in [6, 6.07) is 11.0. The van der Waals surface area contributed by atoms with E-state index in [0.717, 1.165) is 17.7 Å². The molecule has 5 heteroatoms. The Balaban J connectivity index is 2.24. The summed E-state index contributed by atoms with van der Waals surface area (Å²) in [5.74, 6) is 0. The van der Waals surface area contributed by atoms with Crippen LogP contribution in [0.15, 0.2) is 48.5 Å². The van der Waals surface area contributed by atoms with Gasteiger partial charge in [-0.25, -0.2) is 4.39 Å². The maximum atomic E-state index is 12.5. The monoisotopic (exact) mass is 283 g/mol. The third-order valence-electron chi connectivity index (χ3n) is 3.05. The highest BCUT2D eigenvalue weighted by molar-refractivity contribution is 5.64. The summed E-state index contributed by atoms with van der Waals surface area (Å²) in [6.07, 6.45) is -4.34. The molecule has 0 heterocycles. The first-order chi connectivity index (χ1) is 9.41. The van der Waals surface area contributed by atoms with Gasteiger partial charge in [-0.1, -0.05) is 36.4 Å². The van der Waals surface area contributed by atoms with Crippen LogP contribution in [0.3, 0.4) is 0 Å². The molecule has 0 aliphatic heterocycles. The fourth-order valence-electron chi connectivity index (χ4n) is 1.86. The molecule has 0 unspecified atom stereocenters. The Bertz CT molecular complexity index is 558. The van der Waals surface area contributed by atoms with Gasteiger partial charge < -0.3 is 5.73 Å². The molecule has 2 aromatic carbocycles. The van der Waals surface area contributed by atoms with Crippen molar-refractivity contribution >= 4 is 0 Å². The van der Waals surface area contributed by atoms with Crippen LogP contribution in [-0.2, 0) is 6.18 Å². The molecule has 0 spiro atoms. The molecular formula is C15H13F4N. The number of halogens is 4. The Morgan fingerprint density at radius 1 is 0.850 bits per heavy atom. The lowest BCUT2D eigenvalue weighted by atomic mass is 10.0. The predicted octanol–water partition coefficient (Wildman–Crippen LogP) is 4.34. The van der Waals surface area contributed by atoms with Crippen molar-refractivity contribution in [1.82, 2.24) is 0 Å². The van der Waals surface area contributed by atoms with Crippen LogP contribution < -0.4 is 5.73 Å². The van der Waals surface area contributed by atoms with Gasteiger partial charge in [-0.2, -0.15) is 13.2 Å². The summed E-state index contributed by atoms with van der Waals surface area (Å²) in [4.78, 5) is 0. The van der Waals surface area contributed by atoms with Crippen molar-refractivity contribution in [3.05, 3.63) is 59.7 Å². The summed E-state index contributed by atoms with van der Waals surface area (Å²) >= 11 is 0. The zero-order valence-corrected chi connectivity index (χ0v) is 10.5. The Morgan fingerprint density at radius 3 is 1.70 bits per heavy atom. The summed E-state index contributed by atoms with van der Waals surface area (Å²) in [7, 11) is 0. The number of benzene rings is 2. The molecule has 1 nitrogen and oxygen atoms in total. The largest absolute Gasteiger partial charge is 0.416 e. The van der Waals surface area contributed by atoms with Gasteiger partial charge in [0.25, 0.3) is 0 Å². The number of hydrogen-bond acceptors (Lipinski definition) is 1. The minimum atomic E-state index is -4.34. The average Bonchev–Trinajstić information content (AvgIpc) is 2.46. The van der Waals surface area contributed by atoms with E-state index in [0.29, 0.717) is 11.1 Å². The van der Waals surface area contributed by atoms with Crippen molar-refractivity contribution in [2.24, 2.45) is 5.73 Å². The first-order valence-electron chi connectivity index (χ1n) is 6.01. The Morgan fingerprint density at radius 2 is 1.30 bits per heavy atom. The van der Waals surface area contributed by atoms with Crippen LogP contribution in [0.5, 0.6) is 0 Å². The number of hydrogen-bond donors (Lipinski definition) is 1. The highest BCUT2D eigenvalue weighted by Crippen LogP contribution is 2.31. The molecule has 20 heavy (non-hydrogen) atoms. The minimum Gasteiger partial charge on any atom is -0.322 e. The zero-order chi connectivity index (χ0) is 14.8. The van der Waals surface area contributed by atoms with Crippen LogP contribution in [0, 0.1) is 0 Å². The molecule has 0 saturated carbocycles. The maximum Gasteiger partial charge on any atom is 0.416 e. The molecule has 0 aliphatic rings.